The van der Waals surface area contributed by atoms with Gasteiger partial charge < -0.3 is 4.90 Å². The smallest absolute Gasteiger partial charge is 0.0701 e. The Morgan fingerprint density at radius 2 is 1.03 bits per heavy atom. The number of hydrogen-bond donors (Lipinski definition) is 0. The van der Waals surface area contributed by atoms with Gasteiger partial charge in [-0.1, -0.05) is 42.5 Å². The van der Waals surface area contributed by atoms with Gasteiger partial charge in [-0.3, -0.25) is 9.97 Å². The topological polar surface area (TPSA) is 29.0 Å². The van der Waals surface area contributed by atoms with Crippen molar-refractivity contribution in [3.05, 3.63) is 125 Å². The molecule has 0 saturated heterocycles. The lowest BCUT2D eigenvalue weighted by atomic mass is 10.1. The lowest BCUT2D eigenvalue weighted by Crippen LogP contribution is -2.10. The molecule has 0 aliphatic carbocycles. The highest BCUT2D eigenvalue weighted by Crippen LogP contribution is 2.36. The molecular weight excluding hydrogens is 505 g/mol. The maximum absolute atomic E-state index is 4.47. The summed E-state index contributed by atoms with van der Waals surface area (Å²) in [4.78, 5) is 11.2. The molecule has 2 aromatic heterocycles. The van der Waals surface area contributed by atoms with Gasteiger partial charge in [-0.25, -0.2) is 0 Å². The first kappa shape index (κ1) is 20.4. The van der Waals surface area contributed by atoms with Gasteiger partial charge in [0.2, 0.25) is 0 Å². The molecule has 0 atom stereocenters. The third kappa shape index (κ3) is 4.41. The molecule has 2 heterocycles. The first-order valence-corrected chi connectivity index (χ1v) is 11.4. The van der Waals surface area contributed by atoms with E-state index in [1.54, 1.807) is 0 Å². The maximum atomic E-state index is 4.47. The summed E-state index contributed by atoms with van der Waals surface area (Å²) in [6.07, 6.45) is 3.65. The fraction of sp³-hybridized carbons (Fsp3) is 0. The third-order valence-corrected chi connectivity index (χ3v) is 5.91. The van der Waals surface area contributed by atoms with Crippen LogP contribution >= 0.6 is 22.6 Å². The standard InChI is InChI=1S/C28H20IN3/c29-23-6-5-7-26(20-23)32(24-14-10-21(11-15-24)27-8-1-3-18-30-27)25-16-12-22(13-17-25)28-9-2-4-19-31-28/h1-20H. The molecule has 0 aliphatic heterocycles. The monoisotopic (exact) mass is 525 g/mol. The summed E-state index contributed by atoms with van der Waals surface area (Å²) >= 11 is 2.36. The second-order valence-electron chi connectivity index (χ2n) is 7.34. The number of hydrogen-bond acceptors (Lipinski definition) is 3. The molecule has 3 aromatic carbocycles. The lowest BCUT2D eigenvalue weighted by Gasteiger charge is -2.26. The minimum Gasteiger partial charge on any atom is -0.310 e. The van der Waals surface area contributed by atoms with Crippen LogP contribution in [0.2, 0.25) is 0 Å². The first-order valence-electron chi connectivity index (χ1n) is 10.4. The molecule has 0 saturated carbocycles. The van der Waals surface area contributed by atoms with E-state index in [4.69, 9.17) is 0 Å². The first-order chi connectivity index (χ1) is 15.8. The van der Waals surface area contributed by atoms with Crippen molar-refractivity contribution in [1.29, 1.82) is 0 Å². The van der Waals surface area contributed by atoms with E-state index in [1.807, 2.05) is 48.8 Å². The number of rotatable bonds is 5. The number of halogens is 1. The molecule has 0 fully saturated rings. The summed E-state index contributed by atoms with van der Waals surface area (Å²) in [5, 5.41) is 0. The molecule has 3 nitrogen and oxygen atoms in total. The minimum absolute atomic E-state index is 0.972. The Morgan fingerprint density at radius 3 is 1.47 bits per heavy atom. The highest BCUT2D eigenvalue weighted by Gasteiger charge is 2.13. The van der Waals surface area contributed by atoms with Crippen molar-refractivity contribution in [3.63, 3.8) is 0 Å². The molecule has 0 aliphatic rings. The van der Waals surface area contributed by atoms with Crippen molar-refractivity contribution in [2.75, 3.05) is 4.90 Å². The fourth-order valence-electron chi connectivity index (χ4n) is 3.69. The van der Waals surface area contributed by atoms with Gasteiger partial charge in [0, 0.05) is 44.2 Å². The van der Waals surface area contributed by atoms with Crippen molar-refractivity contribution < 1.29 is 0 Å². The Kier molecular flexibility index (Phi) is 5.94. The van der Waals surface area contributed by atoms with Crippen molar-refractivity contribution in [2.45, 2.75) is 0 Å². The van der Waals surface area contributed by atoms with Crippen LogP contribution in [0.5, 0.6) is 0 Å². The predicted molar refractivity (Wildman–Crippen MR) is 140 cm³/mol. The van der Waals surface area contributed by atoms with E-state index >= 15 is 0 Å². The fourth-order valence-corrected chi connectivity index (χ4v) is 4.22. The van der Waals surface area contributed by atoms with Gasteiger partial charge in [-0.15, -0.1) is 0 Å². The number of nitrogens with zero attached hydrogens (tertiary/aromatic N) is 3. The van der Waals surface area contributed by atoms with Crippen molar-refractivity contribution in [2.24, 2.45) is 0 Å². The van der Waals surface area contributed by atoms with Gasteiger partial charge in [-0.05, 0) is 89.3 Å². The van der Waals surface area contributed by atoms with E-state index in [-0.39, 0.29) is 0 Å². The van der Waals surface area contributed by atoms with Gasteiger partial charge in [0.05, 0.1) is 11.4 Å². The van der Waals surface area contributed by atoms with Crippen molar-refractivity contribution in [3.8, 4) is 22.5 Å². The van der Waals surface area contributed by atoms with E-state index in [0.717, 1.165) is 39.6 Å². The molecule has 0 amide bonds. The molecule has 5 aromatic rings. The Morgan fingerprint density at radius 1 is 0.500 bits per heavy atom. The summed E-state index contributed by atoms with van der Waals surface area (Å²) in [7, 11) is 0. The summed E-state index contributed by atoms with van der Waals surface area (Å²) in [5.41, 5.74) is 7.45. The van der Waals surface area contributed by atoms with Crippen LogP contribution in [0.1, 0.15) is 0 Å². The van der Waals surface area contributed by atoms with E-state index in [1.165, 1.54) is 3.57 Å². The molecule has 0 unspecified atom stereocenters. The van der Waals surface area contributed by atoms with Crippen LogP contribution in [0, 0.1) is 3.57 Å². The highest BCUT2D eigenvalue weighted by atomic mass is 127. The largest absolute Gasteiger partial charge is 0.310 e. The van der Waals surface area contributed by atoms with Gasteiger partial charge in [-0.2, -0.15) is 0 Å². The van der Waals surface area contributed by atoms with E-state index in [9.17, 15) is 0 Å². The summed E-state index contributed by atoms with van der Waals surface area (Å²) in [6.45, 7) is 0. The van der Waals surface area contributed by atoms with Crippen LogP contribution in [-0.2, 0) is 0 Å². The predicted octanol–water partition coefficient (Wildman–Crippen LogP) is 7.89. The zero-order valence-corrected chi connectivity index (χ0v) is 19.4. The molecule has 32 heavy (non-hydrogen) atoms. The number of anilines is 3. The number of benzene rings is 3. The molecule has 5 rings (SSSR count). The third-order valence-electron chi connectivity index (χ3n) is 5.24. The normalized spacial score (nSPS) is 10.7. The van der Waals surface area contributed by atoms with Crippen molar-refractivity contribution >= 4 is 39.7 Å². The maximum Gasteiger partial charge on any atom is 0.0701 e. The number of aromatic nitrogens is 2. The molecule has 0 bridgehead atoms. The summed E-state index contributed by atoms with van der Waals surface area (Å²) < 4.78 is 1.19. The number of pyridine rings is 2. The molecule has 0 N–H and O–H groups in total. The Labute approximate surface area is 201 Å². The second kappa shape index (κ2) is 9.32. The van der Waals surface area contributed by atoms with Crippen LogP contribution in [0.25, 0.3) is 22.5 Å². The molecular formula is C28H20IN3. The lowest BCUT2D eigenvalue weighted by molar-refractivity contribution is 1.27. The quantitative estimate of drug-likeness (QED) is 0.219. The zero-order valence-electron chi connectivity index (χ0n) is 17.3. The van der Waals surface area contributed by atoms with E-state index in [0.29, 0.717) is 0 Å². The van der Waals surface area contributed by atoms with Crippen LogP contribution < -0.4 is 4.90 Å². The second-order valence-corrected chi connectivity index (χ2v) is 8.58. The van der Waals surface area contributed by atoms with Gasteiger partial charge in [0.15, 0.2) is 0 Å². The Balaban J connectivity index is 1.54. The summed E-state index contributed by atoms with van der Waals surface area (Å²) in [6, 6.07) is 37.6. The van der Waals surface area contributed by atoms with Gasteiger partial charge in [0.1, 0.15) is 0 Å². The van der Waals surface area contributed by atoms with E-state index < -0.39 is 0 Å². The van der Waals surface area contributed by atoms with Crippen molar-refractivity contribution in [1.82, 2.24) is 9.97 Å². The van der Waals surface area contributed by atoms with Gasteiger partial charge >= 0.3 is 0 Å². The molecule has 0 radical (unpaired) electrons. The van der Waals surface area contributed by atoms with Crippen LogP contribution in [0.3, 0.4) is 0 Å². The molecule has 154 valence electrons. The summed E-state index contributed by atoms with van der Waals surface area (Å²) in [5.74, 6) is 0. The van der Waals surface area contributed by atoms with E-state index in [2.05, 4.69) is 110 Å². The van der Waals surface area contributed by atoms with Crippen LogP contribution in [0.4, 0.5) is 17.1 Å². The average molecular weight is 525 g/mol. The minimum atomic E-state index is 0.972. The zero-order chi connectivity index (χ0) is 21.8. The molecule has 4 heteroatoms. The van der Waals surface area contributed by atoms with Crippen LogP contribution in [-0.4, -0.2) is 9.97 Å². The SMILES string of the molecule is Ic1cccc(N(c2ccc(-c3ccccn3)cc2)c2ccc(-c3ccccn3)cc2)c1. The Bertz CT molecular complexity index is 1220. The van der Waals surface area contributed by atoms with Gasteiger partial charge in [0.25, 0.3) is 0 Å². The highest BCUT2D eigenvalue weighted by molar-refractivity contribution is 14.1. The van der Waals surface area contributed by atoms with Crippen LogP contribution in [0.15, 0.2) is 122 Å². The Hall–Kier alpha value is -3.51. The average Bonchev–Trinajstić information content (AvgIpc) is 2.86. The molecule has 0 spiro atoms.